The van der Waals surface area contributed by atoms with Crippen LogP contribution < -0.4 is 5.32 Å². The molecule has 3 nitrogen and oxygen atoms in total. The van der Waals surface area contributed by atoms with Crippen molar-refractivity contribution in [3.05, 3.63) is 24.3 Å². The lowest BCUT2D eigenvalue weighted by Crippen LogP contribution is -2.23. The first-order chi connectivity index (χ1) is 22.4. The zero-order valence-electron chi connectivity index (χ0n) is 30.8. The monoisotopic (exact) mass is 632 g/mol. The first-order valence-corrected chi connectivity index (χ1v) is 20.5. The molecule has 1 heterocycles. The summed E-state index contributed by atoms with van der Waals surface area (Å²) in [5.41, 5.74) is 0. The smallest absolute Gasteiger partial charge is 0.0510 e. The van der Waals surface area contributed by atoms with E-state index in [0.717, 1.165) is 39.5 Å². The molecular weight excluding hydrogens is 550 g/mol. The third-order valence-electron chi connectivity index (χ3n) is 9.74. The number of unbranched alkanes of at least 4 members (excludes halogenated alkanes) is 24. The molecule has 0 aromatic rings. The van der Waals surface area contributed by atoms with E-state index in [1.54, 1.807) is 0 Å². The van der Waals surface area contributed by atoms with Crippen LogP contribution in [0.5, 0.6) is 0 Å². The first-order valence-electron chi connectivity index (χ1n) is 20.5. The third kappa shape index (κ3) is 30.4. The van der Waals surface area contributed by atoms with Gasteiger partial charge in [-0.2, -0.15) is 0 Å². The molecule has 1 saturated heterocycles. The summed E-state index contributed by atoms with van der Waals surface area (Å²) in [5.74, 6) is 1.25. The van der Waals surface area contributed by atoms with Crippen molar-refractivity contribution >= 4 is 0 Å². The fourth-order valence-corrected chi connectivity index (χ4v) is 6.55. The summed E-state index contributed by atoms with van der Waals surface area (Å²) in [6.07, 6.45) is 47.7. The van der Waals surface area contributed by atoms with E-state index in [4.69, 9.17) is 9.47 Å². The quantitative estimate of drug-likeness (QED) is 0.0551. The Morgan fingerprint density at radius 1 is 0.400 bits per heavy atom. The van der Waals surface area contributed by atoms with Gasteiger partial charge in [0.15, 0.2) is 0 Å². The van der Waals surface area contributed by atoms with Gasteiger partial charge >= 0.3 is 0 Å². The van der Waals surface area contributed by atoms with Crippen molar-refractivity contribution in [3.8, 4) is 0 Å². The van der Waals surface area contributed by atoms with E-state index in [1.165, 1.54) is 180 Å². The number of rotatable bonds is 36. The van der Waals surface area contributed by atoms with Gasteiger partial charge in [-0.15, -0.1) is 0 Å². The van der Waals surface area contributed by atoms with Gasteiger partial charge in [-0.05, 0) is 64.2 Å². The van der Waals surface area contributed by atoms with E-state index in [0.29, 0.717) is 11.8 Å². The van der Waals surface area contributed by atoms with E-state index < -0.39 is 0 Å². The van der Waals surface area contributed by atoms with Crippen molar-refractivity contribution in [1.82, 2.24) is 5.32 Å². The third-order valence-corrected chi connectivity index (χ3v) is 9.74. The molecule has 1 aliphatic rings. The fraction of sp³-hybridized carbons (Fsp3) is 0.905. The van der Waals surface area contributed by atoms with E-state index in [1.807, 2.05) is 0 Å². The molecule has 0 bridgehead atoms. The van der Waals surface area contributed by atoms with Crippen LogP contribution in [-0.4, -0.2) is 39.5 Å². The predicted molar refractivity (Wildman–Crippen MR) is 200 cm³/mol. The average Bonchev–Trinajstić information content (AvgIpc) is 3.50. The van der Waals surface area contributed by atoms with Gasteiger partial charge in [-0.1, -0.05) is 154 Å². The lowest BCUT2D eigenvalue weighted by atomic mass is 9.98. The van der Waals surface area contributed by atoms with Gasteiger partial charge < -0.3 is 14.8 Å². The fourth-order valence-electron chi connectivity index (χ4n) is 6.55. The number of nitrogens with one attached hydrogen (secondary N) is 1. The molecule has 3 heteroatoms. The van der Waals surface area contributed by atoms with Crippen molar-refractivity contribution in [2.75, 3.05) is 39.5 Å². The first kappa shape index (κ1) is 42.4. The van der Waals surface area contributed by atoms with E-state index in [2.05, 4.69) is 43.5 Å². The predicted octanol–water partition coefficient (Wildman–Crippen LogP) is 12.9. The highest BCUT2D eigenvalue weighted by molar-refractivity contribution is 4.82. The average molecular weight is 632 g/mol. The molecule has 0 radical (unpaired) electrons. The Labute approximate surface area is 283 Å². The van der Waals surface area contributed by atoms with Crippen LogP contribution in [0.25, 0.3) is 0 Å². The Kier molecular flexibility index (Phi) is 34.1. The van der Waals surface area contributed by atoms with E-state index in [9.17, 15) is 0 Å². The molecule has 0 aromatic carbocycles. The van der Waals surface area contributed by atoms with Gasteiger partial charge in [-0.3, -0.25) is 0 Å². The summed E-state index contributed by atoms with van der Waals surface area (Å²) < 4.78 is 12.2. The van der Waals surface area contributed by atoms with Crippen molar-refractivity contribution in [3.63, 3.8) is 0 Å². The molecule has 0 saturated carbocycles. The van der Waals surface area contributed by atoms with Crippen LogP contribution in [0.4, 0.5) is 0 Å². The maximum absolute atomic E-state index is 6.10. The largest absolute Gasteiger partial charge is 0.381 e. The molecular formula is C42H81NO2. The highest BCUT2D eigenvalue weighted by Gasteiger charge is 2.27. The molecule has 2 atom stereocenters. The lowest BCUT2D eigenvalue weighted by molar-refractivity contribution is 0.0482. The van der Waals surface area contributed by atoms with Gasteiger partial charge in [0, 0.05) is 38.1 Å². The van der Waals surface area contributed by atoms with Crippen LogP contribution in [0.1, 0.15) is 194 Å². The zero-order valence-corrected chi connectivity index (χ0v) is 30.8. The molecule has 0 aliphatic carbocycles. The molecule has 45 heavy (non-hydrogen) atoms. The Morgan fingerprint density at radius 2 is 0.689 bits per heavy atom. The molecule has 0 aromatic heterocycles. The van der Waals surface area contributed by atoms with Gasteiger partial charge in [0.25, 0.3) is 0 Å². The minimum absolute atomic E-state index is 0.624. The summed E-state index contributed by atoms with van der Waals surface area (Å²) in [5, 5.41) is 3.57. The van der Waals surface area contributed by atoms with Crippen molar-refractivity contribution in [2.24, 2.45) is 11.8 Å². The summed E-state index contributed by atoms with van der Waals surface area (Å²) in [7, 11) is 0. The van der Waals surface area contributed by atoms with Crippen LogP contribution in [0.3, 0.4) is 0 Å². The molecule has 1 fully saturated rings. The summed E-state index contributed by atoms with van der Waals surface area (Å²) in [6.45, 7) is 10.4. The van der Waals surface area contributed by atoms with Crippen LogP contribution in [0.2, 0.25) is 0 Å². The van der Waals surface area contributed by atoms with Gasteiger partial charge in [0.2, 0.25) is 0 Å². The van der Waals surface area contributed by atoms with Crippen molar-refractivity contribution in [1.29, 1.82) is 0 Å². The molecule has 1 aliphatic heterocycles. The normalized spacial score (nSPS) is 17.0. The second-order valence-corrected chi connectivity index (χ2v) is 14.2. The van der Waals surface area contributed by atoms with Crippen molar-refractivity contribution in [2.45, 2.75) is 194 Å². The Morgan fingerprint density at radius 3 is 1.02 bits per heavy atom. The second kappa shape index (κ2) is 36.2. The van der Waals surface area contributed by atoms with E-state index >= 15 is 0 Å². The highest BCUT2D eigenvalue weighted by atomic mass is 16.5. The minimum atomic E-state index is 0.624. The maximum atomic E-state index is 6.10. The maximum Gasteiger partial charge on any atom is 0.0510 e. The topological polar surface area (TPSA) is 30.5 Å². The highest BCUT2D eigenvalue weighted by Crippen LogP contribution is 2.19. The van der Waals surface area contributed by atoms with Crippen LogP contribution in [0, 0.1) is 11.8 Å². The number of allylic oxidation sites excluding steroid dienone is 4. The summed E-state index contributed by atoms with van der Waals surface area (Å²) in [4.78, 5) is 0. The zero-order chi connectivity index (χ0) is 32.1. The van der Waals surface area contributed by atoms with Crippen LogP contribution in [0.15, 0.2) is 24.3 Å². The molecule has 266 valence electrons. The SMILES string of the molecule is CCCCCCCC/C=C\CCCCCCCCOCC1CNC[C@H]1COCCCCCCCC/C=C\CCCCCCCC. The lowest BCUT2D eigenvalue weighted by Gasteiger charge is -2.18. The number of hydrogen-bond acceptors (Lipinski definition) is 3. The van der Waals surface area contributed by atoms with Gasteiger partial charge in [-0.25, -0.2) is 0 Å². The molecule has 1 rings (SSSR count). The number of ether oxygens (including phenoxy) is 2. The second-order valence-electron chi connectivity index (χ2n) is 14.2. The minimum Gasteiger partial charge on any atom is -0.381 e. The Hall–Kier alpha value is -0.640. The van der Waals surface area contributed by atoms with Gasteiger partial charge in [0.05, 0.1) is 13.2 Å². The Balaban J connectivity index is 1.80. The summed E-state index contributed by atoms with van der Waals surface area (Å²) in [6, 6.07) is 0. The molecule has 0 spiro atoms. The van der Waals surface area contributed by atoms with Crippen LogP contribution >= 0.6 is 0 Å². The molecule has 0 amide bonds. The summed E-state index contributed by atoms with van der Waals surface area (Å²) >= 11 is 0. The molecule has 1 N–H and O–H groups in total. The van der Waals surface area contributed by atoms with Crippen LogP contribution in [-0.2, 0) is 9.47 Å². The van der Waals surface area contributed by atoms with Gasteiger partial charge in [0.1, 0.15) is 0 Å². The number of hydrogen-bond donors (Lipinski definition) is 1. The molecule has 1 unspecified atom stereocenters. The Bertz CT molecular complexity index is 566. The van der Waals surface area contributed by atoms with Crippen molar-refractivity contribution < 1.29 is 9.47 Å². The van der Waals surface area contributed by atoms with E-state index in [-0.39, 0.29) is 0 Å². The standard InChI is InChI=1S/C42H81NO2/c1-3-5-7-9-11-13-15-17-19-21-23-25-27-29-31-33-35-44-39-41-37-43-38-42(41)40-45-36-34-32-30-28-26-24-22-20-18-16-14-12-10-8-6-4-2/h17-20,41-43H,3-16,21-40H2,1-2H3/b19-17-,20-18-/t41-,42?/m0/s1.